The zero-order valence-corrected chi connectivity index (χ0v) is 26.9. The van der Waals surface area contributed by atoms with Crippen LogP contribution < -0.4 is 19.5 Å². The summed E-state index contributed by atoms with van der Waals surface area (Å²) in [7, 11) is 4.33. The van der Waals surface area contributed by atoms with Crippen LogP contribution in [0.25, 0.3) is 5.70 Å². The number of rotatable bonds is 13. The van der Waals surface area contributed by atoms with E-state index in [1.54, 1.807) is 86.6 Å². The molecule has 0 saturated carbocycles. The van der Waals surface area contributed by atoms with E-state index in [1.165, 1.54) is 37.3 Å². The minimum Gasteiger partial charge on any atom is -0.493 e. The maximum Gasteiger partial charge on any atom is 0.334 e. The number of carbonyl (C=O) groups excluding carboxylic acids is 3. The van der Waals surface area contributed by atoms with Crippen molar-refractivity contribution < 1.29 is 43.6 Å². The molecule has 2 unspecified atom stereocenters. The molecule has 1 aliphatic rings. The molecule has 3 aromatic carbocycles. The number of hydrogen-bond acceptors (Lipinski definition) is 8. The molecule has 0 spiro atoms. The van der Waals surface area contributed by atoms with Crippen LogP contribution in [0.2, 0.25) is 0 Å². The Hall–Kier alpha value is -5.36. The van der Waals surface area contributed by atoms with Crippen LogP contribution in [0.5, 0.6) is 17.2 Å². The lowest BCUT2D eigenvalue weighted by atomic mass is 9.95. The Balaban J connectivity index is 1.80. The number of aliphatic hydroxyl groups excluding tert-OH is 1. The minimum absolute atomic E-state index is 0.0253. The Morgan fingerprint density at radius 1 is 0.894 bits per heavy atom. The van der Waals surface area contributed by atoms with Crippen LogP contribution in [-0.4, -0.2) is 89.8 Å². The van der Waals surface area contributed by atoms with Gasteiger partial charge in [0.15, 0.2) is 17.6 Å². The zero-order chi connectivity index (χ0) is 34.2. The van der Waals surface area contributed by atoms with Gasteiger partial charge in [0.2, 0.25) is 11.7 Å². The first kappa shape index (κ1) is 34.5. The maximum atomic E-state index is 14.4. The van der Waals surface area contributed by atoms with E-state index in [9.17, 15) is 29.4 Å². The molecule has 12 heteroatoms. The van der Waals surface area contributed by atoms with Gasteiger partial charge in [-0.25, -0.2) is 4.79 Å². The second kappa shape index (κ2) is 15.3. The molecular formula is C35H39N3O9. The van der Waals surface area contributed by atoms with Gasteiger partial charge in [-0.3, -0.25) is 19.3 Å². The SMILES string of the molecule is COc1cc(C2=CN(C(=O)c3ccccc3)C(C(C)C)C(=O)N2CC(=O)N[C@@H](Cc2ccccc2)C(O)C(=O)O)cc(OC)c1OC. The summed E-state index contributed by atoms with van der Waals surface area (Å²) in [4.78, 5) is 56.2. The monoisotopic (exact) mass is 645 g/mol. The lowest BCUT2D eigenvalue weighted by Crippen LogP contribution is -2.57. The molecule has 12 nitrogen and oxygen atoms in total. The first-order valence-electron chi connectivity index (χ1n) is 15.0. The Kier molecular flexibility index (Phi) is 11.2. The number of amides is 3. The maximum absolute atomic E-state index is 14.4. The Bertz CT molecular complexity index is 1600. The van der Waals surface area contributed by atoms with Gasteiger partial charge in [-0.05, 0) is 42.2 Å². The normalized spacial score (nSPS) is 15.9. The van der Waals surface area contributed by atoms with Gasteiger partial charge in [0.05, 0.1) is 33.1 Å². The number of aliphatic carboxylic acids is 1. The van der Waals surface area contributed by atoms with Gasteiger partial charge in [0.25, 0.3) is 11.8 Å². The first-order valence-corrected chi connectivity index (χ1v) is 15.0. The van der Waals surface area contributed by atoms with Gasteiger partial charge in [0.1, 0.15) is 12.6 Å². The number of carbonyl (C=O) groups is 4. The molecule has 0 radical (unpaired) electrons. The van der Waals surface area contributed by atoms with Gasteiger partial charge in [-0.15, -0.1) is 0 Å². The van der Waals surface area contributed by atoms with Gasteiger partial charge < -0.3 is 34.6 Å². The fraction of sp³-hybridized carbons (Fsp3) is 0.314. The van der Waals surface area contributed by atoms with Crippen LogP contribution in [0.3, 0.4) is 0 Å². The second-order valence-electron chi connectivity index (χ2n) is 11.3. The molecule has 248 valence electrons. The quantitative estimate of drug-likeness (QED) is 0.254. The number of carboxylic acids is 1. The third-order valence-electron chi connectivity index (χ3n) is 7.80. The van der Waals surface area contributed by atoms with Gasteiger partial charge in [-0.1, -0.05) is 62.4 Å². The summed E-state index contributed by atoms with van der Waals surface area (Å²) in [6, 6.07) is 18.3. The smallest absolute Gasteiger partial charge is 0.334 e. The average Bonchev–Trinajstić information content (AvgIpc) is 3.07. The first-order chi connectivity index (χ1) is 22.5. The van der Waals surface area contributed by atoms with Crippen molar-refractivity contribution >= 4 is 29.4 Å². The Morgan fingerprint density at radius 3 is 1.98 bits per heavy atom. The summed E-state index contributed by atoms with van der Waals surface area (Å²) < 4.78 is 16.5. The standard InChI is InChI=1S/C35H39N3O9/c1-21(2)30-34(42)37(20-29(39)36-25(31(40)35(43)44)16-22-12-8-6-9-13-22)26(19-38(30)33(41)23-14-10-7-11-15-23)24-17-27(45-3)32(47-5)28(18-24)46-4/h6-15,17-19,21,25,30-31,40H,16,20H2,1-5H3,(H,36,39)(H,43,44)/t25-,30?,31?/m0/s1. The van der Waals surface area contributed by atoms with E-state index < -0.39 is 48.4 Å². The molecule has 0 aromatic heterocycles. The van der Waals surface area contributed by atoms with Crippen LogP contribution in [0.4, 0.5) is 0 Å². The number of ether oxygens (including phenoxy) is 3. The summed E-state index contributed by atoms with van der Waals surface area (Å²) in [5.41, 5.74) is 1.62. The van der Waals surface area contributed by atoms with Crippen LogP contribution in [0.15, 0.2) is 79.0 Å². The largest absolute Gasteiger partial charge is 0.493 e. The van der Waals surface area contributed by atoms with Gasteiger partial charge >= 0.3 is 5.97 Å². The van der Waals surface area contributed by atoms with Crippen molar-refractivity contribution in [1.29, 1.82) is 0 Å². The highest BCUT2D eigenvalue weighted by molar-refractivity contribution is 6.04. The third kappa shape index (κ3) is 7.72. The number of nitrogens with one attached hydrogen (secondary N) is 1. The number of carboxylic acid groups (broad SMARTS) is 1. The molecule has 3 amide bonds. The van der Waals surface area contributed by atoms with Crippen molar-refractivity contribution in [2.45, 2.75) is 38.5 Å². The van der Waals surface area contributed by atoms with E-state index in [0.717, 1.165) is 0 Å². The number of hydrogen-bond donors (Lipinski definition) is 3. The van der Waals surface area contributed by atoms with E-state index in [-0.39, 0.29) is 29.5 Å². The van der Waals surface area contributed by atoms with Crippen molar-refractivity contribution in [2.24, 2.45) is 5.92 Å². The predicted molar refractivity (Wildman–Crippen MR) is 173 cm³/mol. The Labute approximate surface area is 273 Å². The van der Waals surface area contributed by atoms with Crippen molar-refractivity contribution in [3.8, 4) is 17.2 Å². The molecule has 1 aliphatic heterocycles. The molecule has 0 fully saturated rings. The fourth-order valence-electron chi connectivity index (χ4n) is 5.50. The lowest BCUT2D eigenvalue weighted by molar-refractivity contribution is -0.149. The van der Waals surface area contributed by atoms with Crippen LogP contribution in [0, 0.1) is 5.92 Å². The van der Waals surface area contributed by atoms with E-state index in [2.05, 4.69) is 5.32 Å². The molecule has 1 heterocycles. The molecule has 47 heavy (non-hydrogen) atoms. The molecule has 3 aromatic rings. The molecule has 0 aliphatic carbocycles. The second-order valence-corrected chi connectivity index (χ2v) is 11.3. The van der Waals surface area contributed by atoms with Crippen LogP contribution in [-0.2, 0) is 20.8 Å². The summed E-state index contributed by atoms with van der Waals surface area (Å²) >= 11 is 0. The molecule has 3 atom stereocenters. The average molecular weight is 646 g/mol. The number of nitrogens with zero attached hydrogens (tertiary/aromatic N) is 2. The molecule has 4 rings (SSSR count). The van der Waals surface area contributed by atoms with Gasteiger partial charge in [0, 0.05) is 17.3 Å². The fourth-order valence-corrected chi connectivity index (χ4v) is 5.50. The highest BCUT2D eigenvalue weighted by Crippen LogP contribution is 2.42. The van der Waals surface area contributed by atoms with Crippen molar-refractivity contribution in [3.05, 3.63) is 95.7 Å². The van der Waals surface area contributed by atoms with Crippen LogP contribution >= 0.6 is 0 Å². The minimum atomic E-state index is -1.91. The van der Waals surface area contributed by atoms with Crippen molar-refractivity contribution in [3.63, 3.8) is 0 Å². The van der Waals surface area contributed by atoms with Crippen molar-refractivity contribution in [1.82, 2.24) is 15.1 Å². The molecule has 0 saturated heterocycles. The summed E-state index contributed by atoms with van der Waals surface area (Å²) in [5.74, 6) is -2.69. The highest BCUT2D eigenvalue weighted by Gasteiger charge is 2.42. The topological polar surface area (TPSA) is 155 Å². The number of aliphatic hydroxyl groups is 1. The zero-order valence-electron chi connectivity index (χ0n) is 26.9. The third-order valence-corrected chi connectivity index (χ3v) is 7.80. The number of benzene rings is 3. The summed E-state index contributed by atoms with van der Waals surface area (Å²) in [6.07, 6.45) is -0.371. The number of methoxy groups -OCH3 is 3. The van der Waals surface area contributed by atoms with E-state index in [0.29, 0.717) is 22.4 Å². The highest BCUT2D eigenvalue weighted by atomic mass is 16.5. The molecular weight excluding hydrogens is 606 g/mol. The summed E-state index contributed by atoms with van der Waals surface area (Å²) in [6.45, 7) is 3.04. The van der Waals surface area contributed by atoms with Crippen LogP contribution in [0.1, 0.15) is 35.3 Å². The van der Waals surface area contributed by atoms with E-state index in [4.69, 9.17) is 14.2 Å². The lowest BCUT2D eigenvalue weighted by Gasteiger charge is -2.41. The van der Waals surface area contributed by atoms with Gasteiger partial charge in [-0.2, -0.15) is 0 Å². The van der Waals surface area contributed by atoms with Crippen molar-refractivity contribution in [2.75, 3.05) is 27.9 Å². The molecule has 0 bridgehead atoms. The predicted octanol–water partition coefficient (Wildman–Crippen LogP) is 3.19. The summed E-state index contributed by atoms with van der Waals surface area (Å²) in [5, 5.41) is 22.7. The van der Waals surface area contributed by atoms with E-state index >= 15 is 0 Å². The van der Waals surface area contributed by atoms with E-state index in [1.807, 2.05) is 0 Å². The Morgan fingerprint density at radius 2 is 1.47 bits per heavy atom. The molecule has 3 N–H and O–H groups in total.